The van der Waals surface area contributed by atoms with Crippen molar-refractivity contribution in [3.63, 3.8) is 0 Å². The van der Waals surface area contributed by atoms with Crippen LogP contribution in [0.5, 0.6) is 0 Å². The van der Waals surface area contributed by atoms with Crippen LogP contribution in [0.2, 0.25) is 0 Å². The lowest BCUT2D eigenvalue weighted by molar-refractivity contribution is 0.0697. The first-order valence-corrected chi connectivity index (χ1v) is 10.0. The van der Waals surface area contributed by atoms with Gasteiger partial charge in [0.05, 0.1) is 5.56 Å². The number of unbranched alkanes of at least 4 members (excludes halogenated alkanes) is 1. The molecule has 0 bridgehead atoms. The van der Waals surface area contributed by atoms with Crippen LogP contribution in [-0.2, 0) is 18.4 Å². The number of rotatable bonds is 7. The zero-order valence-electron chi connectivity index (χ0n) is 17.5. The predicted molar refractivity (Wildman–Crippen MR) is 113 cm³/mol. The number of aryl methyl sites for hydroxylation is 1. The third-order valence-corrected chi connectivity index (χ3v) is 4.78. The average molecular weight is 393 g/mol. The summed E-state index contributed by atoms with van der Waals surface area (Å²) in [5.74, 6) is 0.814. The Morgan fingerprint density at radius 1 is 1.14 bits per heavy atom. The molecule has 0 atom stereocenters. The van der Waals surface area contributed by atoms with Gasteiger partial charge in [-0.2, -0.15) is 5.10 Å². The van der Waals surface area contributed by atoms with E-state index in [-0.39, 0.29) is 11.0 Å². The predicted octanol–water partition coefficient (Wildman–Crippen LogP) is 4.73. The van der Waals surface area contributed by atoms with Gasteiger partial charge in [0.1, 0.15) is 5.82 Å². The van der Waals surface area contributed by atoms with Crippen molar-refractivity contribution >= 4 is 5.97 Å². The van der Waals surface area contributed by atoms with Crippen molar-refractivity contribution in [1.29, 1.82) is 0 Å². The third kappa shape index (κ3) is 4.88. The standard InChI is InChI=1S/C23H28N4O2/c1-5-6-13-27-20(25-22(26-27)23(2,3)4)14-17-12-11-16(15-24-17)18-9-7-8-10-19(18)21(28)29/h7-12,15H,5-6,13-14H2,1-4H3,(H,28,29). The van der Waals surface area contributed by atoms with Crippen LogP contribution in [0.4, 0.5) is 0 Å². The number of nitrogens with zero attached hydrogens (tertiary/aromatic N) is 4. The van der Waals surface area contributed by atoms with Gasteiger partial charge in [0, 0.05) is 35.8 Å². The topological polar surface area (TPSA) is 80.9 Å². The van der Waals surface area contributed by atoms with E-state index in [4.69, 9.17) is 10.1 Å². The van der Waals surface area contributed by atoms with E-state index < -0.39 is 5.97 Å². The first-order valence-electron chi connectivity index (χ1n) is 10.0. The van der Waals surface area contributed by atoms with Crippen molar-refractivity contribution in [2.75, 3.05) is 0 Å². The molecule has 2 heterocycles. The van der Waals surface area contributed by atoms with E-state index in [1.54, 1.807) is 24.4 Å². The lowest BCUT2D eigenvalue weighted by Crippen LogP contribution is -2.14. The monoisotopic (exact) mass is 392 g/mol. The van der Waals surface area contributed by atoms with Crippen LogP contribution in [-0.4, -0.2) is 30.8 Å². The van der Waals surface area contributed by atoms with Gasteiger partial charge in [-0.15, -0.1) is 0 Å². The number of pyridine rings is 1. The summed E-state index contributed by atoms with van der Waals surface area (Å²) < 4.78 is 2.00. The molecule has 0 unspecified atom stereocenters. The molecule has 0 aliphatic carbocycles. The van der Waals surface area contributed by atoms with Gasteiger partial charge in [0.2, 0.25) is 0 Å². The fraction of sp³-hybridized carbons (Fsp3) is 0.391. The van der Waals surface area contributed by atoms with Gasteiger partial charge in [0.25, 0.3) is 0 Å². The first kappa shape index (κ1) is 20.7. The summed E-state index contributed by atoms with van der Waals surface area (Å²) in [5.41, 5.74) is 2.50. The minimum atomic E-state index is -0.941. The number of carbonyl (C=O) groups is 1. The molecule has 0 amide bonds. The normalized spacial score (nSPS) is 11.6. The summed E-state index contributed by atoms with van der Waals surface area (Å²) in [6.45, 7) is 9.35. The highest BCUT2D eigenvalue weighted by Gasteiger charge is 2.22. The van der Waals surface area contributed by atoms with Gasteiger partial charge in [-0.25, -0.2) is 14.5 Å². The fourth-order valence-corrected chi connectivity index (χ4v) is 3.08. The first-order chi connectivity index (χ1) is 13.8. The lowest BCUT2D eigenvalue weighted by atomic mass is 9.96. The maximum atomic E-state index is 11.5. The van der Waals surface area contributed by atoms with E-state index in [0.717, 1.165) is 42.3 Å². The molecule has 29 heavy (non-hydrogen) atoms. The number of carboxylic acid groups (broad SMARTS) is 1. The number of hydrogen-bond donors (Lipinski definition) is 1. The number of benzene rings is 1. The second-order valence-electron chi connectivity index (χ2n) is 8.24. The lowest BCUT2D eigenvalue weighted by Gasteiger charge is -2.12. The van der Waals surface area contributed by atoms with E-state index in [1.165, 1.54) is 0 Å². The Hall–Kier alpha value is -3.02. The van der Waals surface area contributed by atoms with E-state index in [1.807, 2.05) is 22.9 Å². The number of aromatic carboxylic acids is 1. The summed E-state index contributed by atoms with van der Waals surface area (Å²) in [6.07, 6.45) is 4.47. The number of hydrogen-bond acceptors (Lipinski definition) is 4. The zero-order valence-corrected chi connectivity index (χ0v) is 17.5. The Morgan fingerprint density at radius 3 is 2.52 bits per heavy atom. The van der Waals surface area contributed by atoms with Crippen molar-refractivity contribution < 1.29 is 9.90 Å². The average Bonchev–Trinajstić information content (AvgIpc) is 3.10. The van der Waals surface area contributed by atoms with Gasteiger partial charge in [-0.05, 0) is 24.1 Å². The molecule has 1 N–H and O–H groups in total. The molecule has 6 heteroatoms. The van der Waals surface area contributed by atoms with Crippen molar-refractivity contribution in [3.8, 4) is 11.1 Å². The molecule has 0 fully saturated rings. The smallest absolute Gasteiger partial charge is 0.336 e. The molecule has 0 radical (unpaired) electrons. The zero-order chi connectivity index (χ0) is 21.0. The quantitative estimate of drug-likeness (QED) is 0.629. The van der Waals surface area contributed by atoms with Crippen molar-refractivity contribution in [3.05, 3.63) is 65.5 Å². The Morgan fingerprint density at radius 2 is 1.90 bits per heavy atom. The van der Waals surface area contributed by atoms with E-state index in [0.29, 0.717) is 12.0 Å². The van der Waals surface area contributed by atoms with Crippen molar-refractivity contribution in [2.45, 2.75) is 58.9 Å². The van der Waals surface area contributed by atoms with Crippen LogP contribution in [0.1, 0.15) is 68.2 Å². The van der Waals surface area contributed by atoms with Crippen LogP contribution in [0.15, 0.2) is 42.6 Å². The van der Waals surface area contributed by atoms with E-state index >= 15 is 0 Å². The van der Waals surface area contributed by atoms with Gasteiger partial charge >= 0.3 is 5.97 Å². The Bertz CT molecular complexity index is 985. The van der Waals surface area contributed by atoms with Crippen LogP contribution in [0.3, 0.4) is 0 Å². The van der Waals surface area contributed by atoms with Crippen molar-refractivity contribution in [1.82, 2.24) is 19.7 Å². The van der Waals surface area contributed by atoms with Gasteiger partial charge in [0.15, 0.2) is 5.82 Å². The summed E-state index contributed by atoms with van der Waals surface area (Å²) >= 11 is 0. The molecule has 0 aliphatic rings. The summed E-state index contributed by atoms with van der Waals surface area (Å²) in [6, 6.07) is 10.8. The van der Waals surface area contributed by atoms with E-state index in [9.17, 15) is 9.90 Å². The molecule has 3 aromatic rings. The Kier molecular flexibility index (Phi) is 6.11. The minimum absolute atomic E-state index is 0.107. The molecule has 0 saturated heterocycles. The fourth-order valence-electron chi connectivity index (χ4n) is 3.08. The molecule has 2 aromatic heterocycles. The minimum Gasteiger partial charge on any atom is -0.478 e. The summed E-state index contributed by atoms with van der Waals surface area (Å²) in [4.78, 5) is 20.8. The third-order valence-electron chi connectivity index (χ3n) is 4.78. The number of aromatic nitrogens is 4. The summed E-state index contributed by atoms with van der Waals surface area (Å²) in [5, 5.41) is 14.1. The SMILES string of the molecule is CCCCn1nc(C(C)(C)C)nc1Cc1ccc(-c2ccccc2C(=O)O)cn1. The maximum absolute atomic E-state index is 11.5. The molecule has 0 aliphatic heterocycles. The van der Waals surface area contributed by atoms with Crippen LogP contribution in [0, 0.1) is 0 Å². The van der Waals surface area contributed by atoms with E-state index in [2.05, 4.69) is 32.7 Å². The molecule has 3 rings (SSSR count). The van der Waals surface area contributed by atoms with Crippen LogP contribution < -0.4 is 0 Å². The molecule has 152 valence electrons. The highest BCUT2D eigenvalue weighted by Crippen LogP contribution is 2.24. The summed E-state index contributed by atoms with van der Waals surface area (Å²) in [7, 11) is 0. The second-order valence-corrected chi connectivity index (χ2v) is 8.24. The van der Waals surface area contributed by atoms with Crippen LogP contribution >= 0.6 is 0 Å². The van der Waals surface area contributed by atoms with Gasteiger partial charge in [-0.3, -0.25) is 4.98 Å². The highest BCUT2D eigenvalue weighted by atomic mass is 16.4. The molecular formula is C23H28N4O2. The molecule has 1 aromatic carbocycles. The Labute approximate surface area is 171 Å². The van der Waals surface area contributed by atoms with Gasteiger partial charge in [-0.1, -0.05) is 58.4 Å². The number of carboxylic acids is 1. The molecular weight excluding hydrogens is 364 g/mol. The van der Waals surface area contributed by atoms with Crippen molar-refractivity contribution in [2.24, 2.45) is 0 Å². The maximum Gasteiger partial charge on any atom is 0.336 e. The molecule has 6 nitrogen and oxygen atoms in total. The Balaban J connectivity index is 1.87. The highest BCUT2D eigenvalue weighted by molar-refractivity contribution is 5.95. The van der Waals surface area contributed by atoms with Crippen LogP contribution in [0.25, 0.3) is 11.1 Å². The molecule has 0 spiro atoms. The second kappa shape index (κ2) is 8.55. The molecule has 0 saturated carbocycles. The largest absolute Gasteiger partial charge is 0.478 e. The van der Waals surface area contributed by atoms with Gasteiger partial charge < -0.3 is 5.11 Å².